The van der Waals surface area contributed by atoms with Crippen LogP contribution in [-0.2, 0) is 11.2 Å². The van der Waals surface area contributed by atoms with Crippen molar-refractivity contribution in [1.82, 2.24) is 0 Å². The van der Waals surface area contributed by atoms with Gasteiger partial charge in [-0.3, -0.25) is 0 Å². The molecule has 1 atom stereocenters. The predicted molar refractivity (Wildman–Crippen MR) is 73.1 cm³/mol. The minimum atomic E-state index is -0.978. The zero-order valence-corrected chi connectivity index (χ0v) is 10.4. The second-order valence-corrected chi connectivity index (χ2v) is 5.43. The summed E-state index contributed by atoms with van der Waals surface area (Å²) in [6.07, 6.45) is 0. The van der Waals surface area contributed by atoms with Crippen molar-refractivity contribution in [2.75, 3.05) is 5.75 Å². The summed E-state index contributed by atoms with van der Waals surface area (Å²) in [7, 11) is 0. The Hall–Kier alpha value is -1.25. The monoisotopic (exact) mass is 243 g/mol. The molecule has 0 spiro atoms. The first-order valence-electron chi connectivity index (χ1n) is 5.59. The van der Waals surface area contributed by atoms with E-state index >= 15 is 0 Å². The number of hydrogen-bond donors (Lipinski definition) is 0. The summed E-state index contributed by atoms with van der Waals surface area (Å²) >= 11 is -0.978. The molecule has 2 aromatic rings. The molecule has 1 radical (unpaired) electrons. The van der Waals surface area contributed by atoms with Gasteiger partial charge in [0, 0.05) is 11.1 Å². The maximum Gasteiger partial charge on any atom is 0.165 e. The smallest absolute Gasteiger partial charge is 0.165 e. The molecule has 87 valence electrons. The fourth-order valence-corrected chi connectivity index (χ4v) is 3.03. The average Bonchev–Trinajstić information content (AvgIpc) is 2.41. The molecule has 17 heavy (non-hydrogen) atoms. The normalized spacial score (nSPS) is 12.6. The molecular formula is C15H15OS. The summed E-state index contributed by atoms with van der Waals surface area (Å²) in [5, 5.41) is -0.0742. The molecule has 0 aliphatic heterocycles. The van der Waals surface area contributed by atoms with E-state index < -0.39 is 11.2 Å². The average molecular weight is 243 g/mol. The van der Waals surface area contributed by atoms with Crippen molar-refractivity contribution in [3.63, 3.8) is 0 Å². The van der Waals surface area contributed by atoms with Crippen LogP contribution in [0, 0.1) is 6.92 Å². The highest BCUT2D eigenvalue weighted by atomic mass is 32.2. The lowest BCUT2D eigenvalue weighted by atomic mass is 10.0. The second kappa shape index (κ2) is 5.89. The summed E-state index contributed by atoms with van der Waals surface area (Å²) in [4.78, 5) is 0. The summed E-state index contributed by atoms with van der Waals surface area (Å²) in [5.74, 6) is 0.425. The molecule has 0 heterocycles. The number of benzene rings is 2. The molecule has 0 saturated carbocycles. The van der Waals surface area contributed by atoms with Crippen LogP contribution in [-0.4, -0.2) is 10.3 Å². The van der Waals surface area contributed by atoms with Gasteiger partial charge in [-0.15, -0.1) is 0 Å². The zero-order valence-electron chi connectivity index (χ0n) is 9.58. The van der Waals surface area contributed by atoms with Gasteiger partial charge in [0.05, 0.1) is 0 Å². The van der Waals surface area contributed by atoms with Crippen LogP contribution < -0.4 is 0 Å². The topological polar surface area (TPSA) is 23.1 Å². The third kappa shape index (κ3) is 2.90. The van der Waals surface area contributed by atoms with Gasteiger partial charge >= 0.3 is 0 Å². The van der Waals surface area contributed by atoms with E-state index in [2.05, 4.69) is 6.92 Å². The maximum absolute atomic E-state index is 12.2. The van der Waals surface area contributed by atoms with Crippen LogP contribution in [0.3, 0.4) is 0 Å². The van der Waals surface area contributed by atoms with E-state index in [1.807, 2.05) is 60.7 Å². The Labute approximate surface area is 106 Å². The first kappa shape index (κ1) is 12.2. The van der Waals surface area contributed by atoms with Crippen LogP contribution in [0.2, 0.25) is 0 Å². The van der Waals surface area contributed by atoms with E-state index in [0.717, 1.165) is 11.1 Å². The lowest BCUT2D eigenvalue weighted by Crippen LogP contribution is -2.16. The Morgan fingerprint density at radius 2 is 1.29 bits per heavy atom. The number of hydrogen-bond acceptors (Lipinski definition) is 1. The molecule has 0 aromatic heterocycles. The first-order chi connectivity index (χ1) is 8.33. The molecule has 0 aliphatic rings. The van der Waals surface area contributed by atoms with E-state index in [0.29, 0.717) is 5.75 Å². The van der Waals surface area contributed by atoms with E-state index in [-0.39, 0.29) is 5.25 Å². The van der Waals surface area contributed by atoms with Crippen LogP contribution in [0.25, 0.3) is 0 Å². The molecule has 0 saturated heterocycles. The molecule has 2 aromatic carbocycles. The van der Waals surface area contributed by atoms with Crippen LogP contribution in [0.1, 0.15) is 16.4 Å². The Morgan fingerprint density at radius 3 is 1.65 bits per heavy atom. The van der Waals surface area contributed by atoms with Crippen LogP contribution >= 0.6 is 0 Å². The van der Waals surface area contributed by atoms with Crippen molar-refractivity contribution in [1.29, 1.82) is 0 Å². The summed E-state index contributed by atoms with van der Waals surface area (Å²) in [5.41, 5.74) is 2.17. The van der Waals surface area contributed by atoms with Gasteiger partial charge in [-0.2, -0.15) is 0 Å². The quantitative estimate of drug-likeness (QED) is 0.755. The minimum absolute atomic E-state index is 0.0742. The Balaban J connectivity index is 2.39. The molecule has 0 amide bonds. The van der Waals surface area contributed by atoms with Crippen LogP contribution in [0.5, 0.6) is 0 Å². The van der Waals surface area contributed by atoms with Crippen molar-refractivity contribution in [3.05, 3.63) is 78.7 Å². The highest BCUT2D eigenvalue weighted by Gasteiger charge is 2.24. The van der Waals surface area contributed by atoms with Gasteiger partial charge in [0.2, 0.25) is 0 Å². The van der Waals surface area contributed by atoms with Crippen molar-refractivity contribution < 1.29 is 4.55 Å². The molecule has 2 heteroatoms. The molecule has 0 N–H and O–H groups in total. The summed E-state index contributed by atoms with van der Waals surface area (Å²) < 4.78 is 12.2. The van der Waals surface area contributed by atoms with E-state index in [1.54, 1.807) is 0 Å². The van der Waals surface area contributed by atoms with E-state index in [4.69, 9.17) is 0 Å². The third-order valence-electron chi connectivity index (χ3n) is 2.67. The van der Waals surface area contributed by atoms with Gasteiger partial charge in [-0.1, -0.05) is 60.7 Å². The van der Waals surface area contributed by atoms with Gasteiger partial charge in [-0.25, -0.2) is 0 Å². The minimum Gasteiger partial charge on any atom is -0.616 e. The molecule has 0 aliphatic carbocycles. The van der Waals surface area contributed by atoms with Crippen molar-refractivity contribution in [2.24, 2.45) is 0 Å². The van der Waals surface area contributed by atoms with E-state index in [1.165, 1.54) is 0 Å². The fraction of sp³-hybridized carbons (Fsp3) is 0.133. The zero-order chi connectivity index (χ0) is 12.1. The summed E-state index contributed by atoms with van der Waals surface area (Å²) in [6.45, 7) is 3.76. The fourth-order valence-electron chi connectivity index (χ4n) is 1.87. The van der Waals surface area contributed by atoms with E-state index in [9.17, 15) is 4.55 Å². The Kier molecular flexibility index (Phi) is 4.24. The second-order valence-electron chi connectivity index (χ2n) is 3.79. The summed E-state index contributed by atoms with van der Waals surface area (Å²) in [6, 6.07) is 19.9. The molecule has 1 nitrogen and oxygen atoms in total. The Morgan fingerprint density at radius 1 is 0.882 bits per heavy atom. The third-order valence-corrected chi connectivity index (χ3v) is 4.14. The molecule has 0 bridgehead atoms. The van der Waals surface area contributed by atoms with Crippen LogP contribution in [0.4, 0.5) is 0 Å². The molecule has 1 unspecified atom stereocenters. The van der Waals surface area contributed by atoms with Gasteiger partial charge in [0.1, 0.15) is 5.75 Å². The predicted octanol–water partition coefficient (Wildman–Crippen LogP) is 3.36. The Bertz CT molecular complexity index is 401. The van der Waals surface area contributed by atoms with Gasteiger partial charge < -0.3 is 4.55 Å². The lowest BCUT2D eigenvalue weighted by Gasteiger charge is -2.21. The standard InChI is InChI=1S/C15H15OS/c1-2-17(16)15(13-9-5-3-6-10-13)14-11-7-4-8-12-14/h3-12,15H,1-2H2. The largest absolute Gasteiger partial charge is 0.616 e. The van der Waals surface area contributed by atoms with Gasteiger partial charge in [0.25, 0.3) is 0 Å². The highest BCUT2D eigenvalue weighted by Crippen LogP contribution is 2.30. The molecule has 2 rings (SSSR count). The van der Waals surface area contributed by atoms with Gasteiger partial charge in [0.15, 0.2) is 5.25 Å². The first-order valence-corrected chi connectivity index (χ1v) is 6.97. The lowest BCUT2D eigenvalue weighted by molar-refractivity contribution is 0.591. The van der Waals surface area contributed by atoms with Gasteiger partial charge in [-0.05, 0) is 18.1 Å². The van der Waals surface area contributed by atoms with Crippen molar-refractivity contribution >= 4 is 11.2 Å². The van der Waals surface area contributed by atoms with Crippen LogP contribution in [0.15, 0.2) is 60.7 Å². The van der Waals surface area contributed by atoms with Crippen molar-refractivity contribution in [2.45, 2.75) is 5.25 Å². The maximum atomic E-state index is 12.2. The van der Waals surface area contributed by atoms with Crippen molar-refractivity contribution in [3.8, 4) is 0 Å². The number of rotatable bonds is 4. The highest BCUT2D eigenvalue weighted by molar-refractivity contribution is 7.91. The molecule has 0 fully saturated rings. The molecular weight excluding hydrogens is 228 g/mol. The SMILES string of the molecule is [CH2]C[S+]([O-])C(c1ccccc1)c1ccccc1.